The number of nitrogens with two attached hydrogens (primary N) is 1. The van der Waals surface area contributed by atoms with Gasteiger partial charge in [-0.2, -0.15) is 0 Å². The summed E-state index contributed by atoms with van der Waals surface area (Å²) in [5, 5.41) is 3.22. The Morgan fingerprint density at radius 1 is 1.30 bits per heavy atom. The fraction of sp³-hybridized carbons (Fsp3) is 0.333. The molecule has 0 aliphatic rings. The first kappa shape index (κ1) is 19.0. The van der Waals surface area contributed by atoms with Crippen LogP contribution in [0.3, 0.4) is 0 Å². The van der Waals surface area contributed by atoms with Crippen molar-refractivity contribution in [3.63, 3.8) is 0 Å². The molecular weight excluding hydrogens is 364 g/mol. The van der Waals surface area contributed by atoms with Crippen molar-refractivity contribution in [2.24, 2.45) is 11.7 Å². The van der Waals surface area contributed by atoms with Gasteiger partial charge in [-0.3, -0.25) is 4.79 Å². The Kier molecular flexibility index (Phi) is 6.15. The number of aromatic amines is 1. The molecule has 0 aliphatic heterocycles. The number of nitrogens with one attached hydrogen (secondary N) is 2. The summed E-state index contributed by atoms with van der Waals surface area (Å²) in [6, 6.07) is -0.692. The molecule has 1 amide bonds. The average molecular weight is 386 g/mol. The van der Waals surface area contributed by atoms with Crippen LogP contribution < -0.4 is 11.1 Å². The number of thiazole rings is 1. The minimum Gasteiger partial charge on any atom is -0.442 e. The second-order valence-corrected chi connectivity index (χ2v) is 7.59. The topological polar surface area (TPSA) is 123 Å². The van der Waals surface area contributed by atoms with Crippen LogP contribution in [0.25, 0.3) is 12.2 Å². The number of rotatable bonds is 8. The number of H-pyrrole nitrogens is 1. The molecule has 3 aromatic rings. The molecule has 0 bridgehead atoms. The van der Waals surface area contributed by atoms with Crippen LogP contribution in [0, 0.1) is 5.92 Å². The lowest BCUT2D eigenvalue weighted by atomic mass is 10.1. The maximum Gasteiger partial charge on any atom is 0.243 e. The Morgan fingerprint density at radius 2 is 2.15 bits per heavy atom. The van der Waals surface area contributed by atoms with E-state index in [1.54, 1.807) is 31.0 Å². The number of carbonyl (C=O) groups is 1. The molecule has 1 atom stereocenters. The van der Waals surface area contributed by atoms with Crippen molar-refractivity contribution in [2.45, 2.75) is 32.7 Å². The molecule has 8 nitrogen and oxygen atoms in total. The highest BCUT2D eigenvalue weighted by Gasteiger charge is 2.16. The number of anilines is 1. The van der Waals surface area contributed by atoms with Crippen molar-refractivity contribution in [1.29, 1.82) is 0 Å². The van der Waals surface area contributed by atoms with Gasteiger partial charge in [0.15, 0.2) is 5.13 Å². The van der Waals surface area contributed by atoms with Crippen LogP contribution in [0.5, 0.6) is 0 Å². The minimum absolute atomic E-state index is 0.297. The highest BCUT2D eigenvalue weighted by molar-refractivity contribution is 7.16. The van der Waals surface area contributed by atoms with Gasteiger partial charge in [-0.1, -0.05) is 25.2 Å². The van der Waals surface area contributed by atoms with Gasteiger partial charge in [0.1, 0.15) is 5.76 Å². The highest BCUT2D eigenvalue weighted by atomic mass is 32.1. The van der Waals surface area contributed by atoms with Gasteiger partial charge in [0.2, 0.25) is 11.8 Å². The Morgan fingerprint density at radius 3 is 2.89 bits per heavy atom. The van der Waals surface area contributed by atoms with E-state index in [0.717, 1.165) is 22.8 Å². The Hall–Kier alpha value is -2.78. The maximum atomic E-state index is 12.2. The number of oxazole rings is 1. The van der Waals surface area contributed by atoms with Crippen molar-refractivity contribution >= 4 is 34.5 Å². The highest BCUT2D eigenvalue weighted by Crippen LogP contribution is 2.21. The average Bonchev–Trinajstić information content (AvgIpc) is 3.35. The van der Waals surface area contributed by atoms with Crippen LogP contribution in [-0.2, 0) is 17.6 Å². The molecule has 142 valence electrons. The number of aromatic nitrogens is 4. The molecule has 0 fully saturated rings. The van der Waals surface area contributed by atoms with Gasteiger partial charge in [-0.25, -0.2) is 15.0 Å². The number of imidazole rings is 1. The molecule has 0 aromatic carbocycles. The molecular formula is C18H22N6O2S. The normalized spacial score (nSPS) is 12.7. The van der Waals surface area contributed by atoms with E-state index in [1.807, 2.05) is 6.08 Å². The predicted molar refractivity (Wildman–Crippen MR) is 105 cm³/mol. The molecule has 0 spiro atoms. The molecule has 9 heteroatoms. The summed E-state index contributed by atoms with van der Waals surface area (Å²) in [7, 11) is 0. The van der Waals surface area contributed by atoms with Crippen molar-refractivity contribution in [2.75, 3.05) is 5.32 Å². The third kappa shape index (κ3) is 5.60. The van der Waals surface area contributed by atoms with Crippen molar-refractivity contribution in [3.8, 4) is 0 Å². The SMILES string of the molecule is CC(C)Cc1cnc(/C=C/c2cnc(NC(=O)[C@@H](N)Cc3c[nH]cn3)s2)o1. The first-order valence-electron chi connectivity index (χ1n) is 8.62. The second-order valence-electron chi connectivity index (χ2n) is 6.52. The molecule has 27 heavy (non-hydrogen) atoms. The summed E-state index contributed by atoms with van der Waals surface area (Å²) >= 11 is 1.35. The fourth-order valence-corrected chi connectivity index (χ4v) is 3.11. The zero-order chi connectivity index (χ0) is 19.2. The van der Waals surface area contributed by atoms with Gasteiger partial charge >= 0.3 is 0 Å². The van der Waals surface area contributed by atoms with Crippen LogP contribution in [-0.4, -0.2) is 31.9 Å². The van der Waals surface area contributed by atoms with Crippen molar-refractivity contribution in [3.05, 3.63) is 47.1 Å². The van der Waals surface area contributed by atoms with Gasteiger partial charge in [-0.05, 0) is 12.0 Å². The van der Waals surface area contributed by atoms with Gasteiger partial charge in [0, 0.05) is 36.2 Å². The Labute approximate surface area is 160 Å². The lowest BCUT2D eigenvalue weighted by molar-refractivity contribution is -0.117. The van der Waals surface area contributed by atoms with Gasteiger partial charge in [0.05, 0.1) is 24.3 Å². The maximum absolute atomic E-state index is 12.2. The van der Waals surface area contributed by atoms with E-state index in [-0.39, 0.29) is 5.91 Å². The Balaban J connectivity index is 1.54. The monoisotopic (exact) mass is 386 g/mol. The second kappa shape index (κ2) is 8.74. The van der Waals surface area contributed by atoms with E-state index < -0.39 is 6.04 Å². The number of nitrogens with zero attached hydrogens (tertiary/aromatic N) is 3. The number of hydrogen-bond donors (Lipinski definition) is 3. The molecule has 3 rings (SSSR count). The number of amides is 1. The van der Waals surface area contributed by atoms with Gasteiger partial charge < -0.3 is 20.5 Å². The summed E-state index contributed by atoms with van der Waals surface area (Å²) < 4.78 is 5.66. The van der Waals surface area contributed by atoms with E-state index in [2.05, 4.69) is 39.1 Å². The molecule has 0 unspecified atom stereocenters. The zero-order valence-corrected chi connectivity index (χ0v) is 16.0. The molecule has 0 radical (unpaired) electrons. The first-order chi connectivity index (χ1) is 13.0. The molecule has 0 aliphatic carbocycles. The lowest BCUT2D eigenvalue weighted by Crippen LogP contribution is -2.37. The predicted octanol–water partition coefficient (Wildman–Crippen LogP) is 2.73. The van der Waals surface area contributed by atoms with E-state index >= 15 is 0 Å². The summed E-state index contributed by atoms with van der Waals surface area (Å²) in [6.45, 7) is 4.26. The summed E-state index contributed by atoms with van der Waals surface area (Å²) in [5.41, 5.74) is 6.65. The van der Waals surface area contributed by atoms with Crippen molar-refractivity contribution in [1.82, 2.24) is 19.9 Å². The van der Waals surface area contributed by atoms with Crippen molar-refractivity contribution < 1.29 is 9.21 Å². The first-order valence-corrected chi connectivity index (χ1v) is 9.44. The van der Waals surface area contributed by atoms with Crippen LogP contribution in [0.2, 0.25) is 0 Å². The summed E-state index contributed by atoms with van der Waals surface area (Å²) in [5.74, 6) is 1.63. The van der Waals surface area contributed by atoms with Gasteiger partial charge in [0.25, 0.3) is 0 Å². The largest absolute Gasteiger partial charge is 0.442 e. The summed E-state index contributed by atoms with van der Waals surface area (Å²) in [4.78, 5) is 28.4. The molecule has 4 N–H and O–H groups in total. The van der Waals surface area contributed by atoms with E-state index in [4.69, 9.17) is 10.2 Å². The molecule has 0 saturated heterocycles. The third-order valence-corrected chi connectivity index (χ3v) is 4.52. The Bertz CT molecular complexity index is 897. The minimum atomic E-state index is -0.692. The number of hydrogen-bond acceptors (Lipinski definition) is 7. The molecule has 0 saturated carbocycles. The quantitative estimate of drug-likeness (QED) is 0.547. The summed E-state index contributed by atoms with van der Waals surface area (Å²) in [6.07, 6.45) is 11.5. The lowest BCUT2D eigenvalue weighted by Gasteiger charge is -2.08. The van der Waals surface area contributed by atoms with E-state index in [1.165, 1.54) is 11.3 Å². The fourth-order valence-electron chi connectivity index (χ4n) is 2.39. The zero-order valence-electron chi connectivity index (χ0n) is 15.2. The smallest absolute Gasteiger partial charge is 0.243 e. The van der Waals surface area contributed by atoms with E-state index in [9.17, 15) is 4.79 Å². The number of carbonyl (C=O) groups excluding carboxylic acids is 1. The van der Waals surface area contributed by atoms with Crippen LogP contribution in [0.1, 0.15) is 36.1 Å². The molecule has 3 aromatic heterocycles. The van der Waals surface area contributed by atoms with Crippen LogP contribution in [0.4, 0.5) is 5.13 Å². The van der Waals surface area contributed by atoms with Crippen LogP contribution in [0.15, 0.2) is 29.3 Å². The third-order valence-electron chi connectivity index (χ3n) is 3.65. The van der Waals surface area contributed by atoms with E-state index in [0.29, 0.717) is 23.4 Å². The van der Waals surface area contributed by atoms with Crippen LogP contribution >= 0.6 is 11.3 Å². The van der Waals surface area contributed by atoms with Gasteiger partial charge in [-0.15, -0.1) is 0 Å². The standard InChI is InChI=1S/C18H22N6O2S/c1-11(2)5-13-8-21-16(26-13)4-3-14-9-22-18(27-14)24-17(25)15(19)6-12-7-20-10-23-12/h3-4,7-11,15H,5-6,19H2,1-2H3,(H,20,23)(H,22,24,25)/b4-3+/t15-/m0/s1. The molecule has 3 heterocycles.